The molecule has 2 saturated heterocycles. The Morgan fingerprint density at radius 3 is 2.90 bits per heavy atom. The minimum atomic E-state index is 0.682. The number of nitrogens with one attached hydrogen (secondary N) is 3. The first-order valence-electron chi connectivity index (χ1n) is 8.19. The molecular formula is C15H29N3OS+2. The molecule has 2 aliphatic heterocycles. The minimum Gasteiger partial charge on any atom is -0.370 e. The van der Waals surface area contributed by atoms with Crippen molar-refractivity contribution in [2.75, 3.05) is 39.4 Å². The standard InChI is InChI=1S/C15H27N3OS/c1-11-3-4-13-14(12(11)2)17-15(20-13)16-5-6-18-7-9-19-10-8-18/h11-14H,3-10H2,1-2H3,(H,16,17)/p+2. The van der Waals surface area contributed by atoms with Crippen LogP contribution in [0, 0.1) is 11.8 Å². The molecule has 5 heteroatoms. The maximum atomic E-state index is 5.40. The SMILES string of the molecule is CC1CCC2SC(=[NH+]CC[NH+]3CCOCC3)NC2C1C. The molecule has 1 aliphatic carbocycles. The van der Waals surface area contributed by atoms with Gasteiger partial charge in [-0.15, -0.1) is 0 Å². The fourth-order valence-electron chi connectivity index (χ4n) is 3.61. The van der Waals surface area contributed by atoms with Crippen LogP contribution in [-0.2, 0) is 4.74 Å². The van der Waals surface area contributed by atoms with Crippen molar-refractivity contribution in [2.45, 2.75) is 38.0 Å². The van der Waals surface area contributed by atoms with Crippen molar-refractivity contribution >= 4 is 16.9 Å². The van der Waals surface area contributed by atoms with E-state index in [9.17, 15) is 0 Å². The van der Waals surface area contributed by atoms with Crippen molar-refractivity contribution in [2.24, 2.45) is 11.8 Å². The third-order valence-corrected chi connectivity index (χ3v) is 6.63. The predicted molar refractivity (Wildman–Crippen MR) is 83.1 cm³/mol. The molecule has 2 heterocycles. The molecule has 20 heavy (non-hydrogen) atoms. The zero-order valence-electron chi connectivity index (χ0n) is 12.8. The number of fused-ring (bicyclic) bond motifs is 1. The molecule has 3 N–H and O–H groups in total. The van der Waals surface area contributed by atoms with E-state index in [2.05, 4.69) is 24.2 Å². The molecular weight excluding hydrogens is 270 g/mol. The quantitative estimate of drug-likeness (QED) is 0.593. The molecule has 0 spiro atoms. The van der Waals surface area contributed by atoms with Gasteiger partial charge in [0.1, 0.15) is 32.2 Å². The first kappa shape index (κ1) is 14.7. The molecule has 0 bridgehead atoms. The third-order valence-electron chi connectivity index (χ3n) is 5.30. The largest absolute Gasteiger partial charge is 0.370 e. The normalized spacial score (nSPS) is 40.6. The molecule has 0 amide bonds. The van der Waals surface area contributed by atoms with Crippen molar-refractivity contribution in [3.05, 3.63) is 0 Å². The molecule has 0 aromatic heterocycles. The van der Waals surface area contributed by atoms with Crippen LogP contribution in [0.2, 0.25) is 0 Å². The van der Waals surface area contributed by atoms with E-state index in [1.165, 1.54) is 24.6 Å². The minimum absolute atomic E-state index is 0.682. The lowest BCUT2D eigenvalue weighted by atomic mass is 9.78. The Labute approximate surface area is 126 Å². The highest BCUT2D eigenvalue weighted by Gasteiger charge is 2.45. The Kier molecular flexibility index (Phi) is 4.89. The van der Waals surface area contributed by atoms with Crippen LogP contribution in [0.25, 0.3) is 0 Å². The first-order chi connectivity index (χ1) is 9.74. The Morgan fingerprint density at radius 2 is 2.10 bits per heavy atom. The lowest BCUT2D eigenvalue weighted by Crippen LogP contribution is -3.15. The summed E-state index contributed by atoms with van der Waals surface area (Å²) < 4.78 is 5.40. The summed E-state index contributed by atoms with van der Waals surface area (Å²) in [5, 5.41) is 5.86. The van der Waals surface area contributed by atoms with Gasteiger partial charge in [0.25, 0.3) is 0 Å². The molecule has 3 fully saturated rings. The van der Waals surface area contributed by atoms with E-state index in [0.29, 0.717) is 6.04 Å². The predicted octanol–water partition coefficient (Wildman–Crippen LogP) is -1.52. The van der Waals surface area contributed by atoms with Crippen molar-refractivity contribution in [3.63, 3.8) is 0 Å². The van der Waals surface area contributed by atoms with Gasteiger partial charge in [-0.05, 0) is 36.4 Å². The zero-order chi connectivity index (χ0) is 13.9. The van der Waals surface area contributed by atoms with Gasteiger partial charge in [-0.3, -0.25) is 10.3 Å². The number of rotatable bonds is 3. The molecule has 4 unspecified atom stereocenters. The van der Waals surface area contributed by atoms with Gasteiger partial charge < -0.3 is 9.64 Å². The molecule has 0 aromatic carbocycles. The molecule has 3 rings (SSSR count). The number of thioether (sulfide) groups is 1. The van der Waals surface area contributed by atoms with Crippen LogP contribution in [0.4, 0.5) is 0 Å². The average Bonchev–Trinajstić information content (AvgIpc) is 2.88. The van der Waals surface area contributed by atoms with E-state index in [1.807, 2.05) is 11.8 Å². The van der Waals surface area contributed by atoms with Crippen molar-refractivity contribution in [3.8, 4) is 0 Å². The molecule has 0 radical (unpaired) electrons. The molecule has 0 aromatic rings. The molecule has 4 nitrogen and oxygen atoms in total. The number of hydrogen-bond donors (Lipinski definition) is 3. The van der Waals surface area contributed by atoms with E-state index < -0.39 is 0 Å². The summed E-state index contributed by atoms with van der Waals surface area (Å²) >= 11 is 2.05. The van der Waals surface area contributed by atoms with Crippen LogP contribution in [-0.4, -0.2) is 55.9 Å². The van der Waals surface area contributed by atoms with E-state index in [0.717, 1.165) is 49.9 Å². The second-order valence-corrected chi connectivity index (χ2v) is 7.86. The fraction of sp³-hybridized carbons (Fsp3) is 0.933. The van der Waals surface area contributed by atoms with Crippen LogP contribution in [0.5, 0.6) is 0 Å². The van der Waals surface area contributed by atoms with E-state index >= 15 is 0 Å². The zero-order valence-corrected chi connectivity index (χ0v) is 13.6. The van der Waals surface area contributed by atoms with Crippen LogP contribution >= 0.6 is 11.8 Å². The van der Waals surface area contributed by atoms with E-state index in [1.54, 1.807) is 4.90 Å². The topological polar surface area (TPSA) is 39.7 Å². The Bertz CT molecular complexity index is 357. The Morgan fingerprint density at radius 1 is 1.30 bits per heavy atom. The fourth-order valence-corrected chi connectivity index (χ4v) is 5.02. The van der Waals surface area contributed by atoms with Crippen molar-refractivity contribution < 1.29 is 14.6 Å². The number of quaternary nitrogens is 1. The number of ether oxygens (including phenoxy) is 1. The lowest BCUT2D eigenvalue weighted by Gasteiger charge is -2.32. The highest BCUT2D eigenvalue weighted by atomic mass is 32.2. The molecule has 114 valence electrons. The third kappa shape index (κ3) is 3.31. The maximum absolute atomic E-state index is 5.40. The van der Waals surface area contributed by atoms with Gasteiger partial charge in [-0.25, -0.2) is 0 Å². The van der Waals surface area contributed by atoms with Crippen LogP contribution in [0.1, 0.15) is 26.7 Å². The highest BCUT2D eigenvalue weighted by molar-refractivity contribution is 8.14. The monoisotopic (exact) mass is 299 g/mol. The summed E-state index contributed by atoms with van der Waals surface area (Å²) in [5.41, 5.74) is 0. The van der Waals surface area contributed by atoms with Crippen molar-refractivity contribution in [1.29, 1.82) is 0 Å². The van der Waals surface area contributed by atoms with E-state index in [-0.39, 0.29) is 0 Å². The summed E-state index contributed by atoms with van der Waals surface area (Å²) in [6.07, 6.45) is 2.76. The first-order valence-corrected chi connectivity index (χ1v) is 9.07. The summed E-state index contributed by atoms with van der Waals surface area (Å²) in [7, 11) is 0. The summed E-state index contributed by atoms with van der Waals surface area (Å²) in [5.74, 6) is 1.66. The van der Waals surface area contributed by atoms with Gasteiger partial charge in [0.05, 0.1) is 18.5 Å². The number of morpholine rings is 1. The van der Waals surface area contributed by atoms with Crippen LogP contribution in [0.15, 0.2) is 0 Å². The van der Waals surface area contributed by atoms with Gasteiger partial charge in [-0.1, -0.05) is 13.8 Å². The van der Waals surface area contributed by atoms with Crippen LogP contribution < -0.4 is 15.2 Å². The molecule has 4 atom stereocenters. The van der Waals surface area contributed by atoms with E-state index in [4.69, 9.17) is 4.74 Å². The number of hydrogen-bond acceptors (Lipinski definition) is 2. The molecule has 1 saturated carbocycles. The highest BCUT2D eigenvalue weighted by Crippen LogP contribution is 2.39. The van der Waals surface area contributed by atoms with Gasteiger partial charge >= 0.3 is 5.17 Å². The van der Waals surface area contributed by atoms with Gasteiger partial charge in [0.15, 0.2) is 0 Å². The summed E-state index contributed by atoms with van der Waals surface area (Å²) in [6.45, 7) is 11.3. The van der Waals surface area contributed by atoms with Crippen molar-refractivity contribution in [1.82, 2.24) is 5.32 Å². The Hall–Kier alpha value is -0.260. The van der Waals surface area contributed by atoms with Crippen LogP contribution in [0.3, 0.4) is 0 Å². The summed E-state index contributed by atoms with van der Waals surface area (Å²) in [6, 6.07) is 0.682. The second-order valence-electron chi connectivity index (χ2n) is 6.61. The maximum Gasteiger partial charge on any atom is 0.304 e. The smallest absolute Gasteiger partial charge is 0.304 e. The Balaban J connectivity index is 1.47. The summed E-state index contributed by atoms with van der Waals surface area (Å²) in [4.78, 5) is 5.30. The van der Waals surface area contributed by atoms with Gasteiger partial charge in [-0.2, -0.15) is 0 Å². The number of amidine groups is 1. The van der Waals surface area contributed by atoms with Gasteiger partial charge in [0.2, 0.25) is 0 Å². The van der Waals surface area contributed by atoms with Gasteiger partial charge in [0, 0.05) is 0 Å². The second kappa shape index (κ2) is 6.67. The molecule has 3 aliphatic rings. The lowest BCUT2D eigenvalue weighted by molar-refractivity contribution is -0.914. The average molecular weight is 299 g/mol.